The normalized spacial score (nSPS) is 10.3. The van der Waals surface area contributed by atoms with E-state index in [1.807, 2.05) is 0 Å². The van der Waals surface area contributed by atoms with Crippen LogP contribution in [0.15, 0.2) is 24.5 Å². The third-order valence-electron chi connectivity index (χ3n) is 2.01. The van der Waals surface area contributed by atoms with Crippen molar-refractivity contribution in [2.45, 2.75) is 0 Å². The van der Waals surface area contributed by atoms with Crippen LogP contribution in [0, 0.1) is 0 Å². The Labute approximate surface area is 96.1 Å². The highest BCUT2D eigenvalue weighted by atomic mass is 35.5. The van der Waals surface area contributed by atoms with Crippen molar-refractivity contribution in [3.05, 3.63) is 29.5 Å². The third kappa shape index (κ3) is 2.20. The van der Waals surface area contributed by atoms with Gasteiger partial charge in [-0.05, 0) is 18.2 Å². The molecule has 6 heteroatoms. The minimum absolute atomic E-state index is 0.186. The number of anilines is 1. The Morgan fingerprint density at radius 2 is 2.25 bits per heavy atom. The molecule has 0 aliphatic rings. The molecule has 0 spiro atoms. The van der Waals surface area contributed by atoms with Gasteiger partial charge in [-0.15, -0.1) is 0 Å². The van der Waals surface area contributed by atoms with Crippen LogP contribution in [0.2, 0.25) is 5.02 Å². The number of aliphatic carboxylic acids is 1. The van der Waals surface area contributed by atoms with Crippen LogP contribution in [0.3, 0.4) is 0 Å². The summed E-state index contributed by atoms with van der Waals surface area (Å²) in [7, 11) is 0. The molecule has 1 aromatic heterocycles. The predicted octanol–water partition coefficient (Wildman–Crippen LogP) is 1.78. The summed E-state index contributed by atoms with van der Waals surface area (Å²) in [6.07, 6.45) is 1.36. The van der Waals surface area contributed by atoms with Gasteiger partial charge in [-0.2, -0.15) is 0 Å². The van der Waals surface area contributed by atoms with Gasteiger partial charge in [-0.1, -0.05) is 11.6 Å². The van der Waals surface area contributed by atoms with Crippen molar-refractivity contribution in [3.8, 4) is 0 Å². The molecule has 0 radical (unpaired) electrons. The first-order valence-corrected chi connectivity index (χ1v) is 4.90. The minimum atomic E-state index is -0.944. The molecule has 2 N–H and O–H groups in total. The van der Waals surface area contributed by atoms with Crippen molar-refractivity contribution in [1.82, 2.24) is 9.97 Å². The van der Waals surface area contributed by atoms with Crippen molar-refractivity contribution in [1.29, 1.82) is 0 Å². The van der Waals surface area contributed by atoms with Gasteiger partial charge < -0.3 is 10.4 Å². The number of hydrogen-bond donors (Lipinski definition) is 2. The maximum Gasteiger partial charge on any atom is 0.322 e. The Bertz CT molecular complexity index is 545. The van der Waals surface area contributed by atoms with E-state index < -0.39 is 5.97 Å². The Hall–Kier alpha value is -1.88. The zero-order chi connectivity index (χ0) is 11.5. The van der Waals surface area contributed by atoms with Gasteiger partial charge in [0.2, 0.25) is 0 Å². The Balaban J connectivity index is 2.41. The lowest BCUT2D eigenvalue weighted by Gasteiger charge is -2.05. The highest BCUT2D eigenvalue weighted by Crippen LogP contribution is 2.22. The van der Waals surface area contributed by atoms with Crippen molar-refractivity contribution < 1.29 is 9.90 Å². The Morgan fingerprint density at radius 3 is 3.00 bits per heavy atom. The monoisotopic (exact) mass is 237 g/mol. The van der Waals surface area contributed by atoms with Gasteiger partial charge in [-0.3, -0.25) is 4.79 Å². The molecule has 0 aliphatic carbocycles. The first-order valence-electron chi connectivity index (χ1n) is 4.53. The lowest BCUT2D eigenvalue weighted by Crippen LogP contribution is -2.13. The highest BCUT2D eigenvalue weighted by Gasteiger charge is 2.05. The number of fused-ring (bicyclic) bond motifs is 1. The second-order valence-corrected chi connectivity index (χ2v) is 3.57. The second kappa shape index (κ2) is 4.32. The standard InChI is InChI=1S/C10H8ClN3O2/c11-6-1-2-7-8(3-6)13-5-14-10(7)12-4-9(15)16/h1-3,5H,4H2,(H,15,16)(H,12,13,14). The van der Waals surface area contributed by atoms with Gasteiger partial charge in [0, 0.05) is 10.4 Å². The van der Waals surface area contributed by atoms with Crippen LogP contribution < -0.4 is 5.32 Å². The van der Waals surface area contributed by atoms with Crippen LogP contribution in [-0.2, 0) is 4.79 Å². The van der Waals surface area contributed by atoms with E-state index in [2.05, 4.69) is 15.3 Å². The molecule has 0 saturated heterocycles. The predicted molar refractivity (Wildman–Crippen MR) is 60.7 cm³/mol. The van der Waals surface area contributed by atoms with Crippen LogP contribution >= 0.6 is 11.6 Å². The van der Waals surface area contributed by atoms with Gasteiger partial charge in [0.05, 0.1) is 5.52 Å². The number of carbonyl (C=O) groups is 1. The molecule has 0 unspecified atom stereocenters. The van der Waals surface area contributed by atoms with Crippen LogP contribution in [0.5, 0.6) is 0 Å². The molecular weight excluding hydrogens is 230 g/mol. The van der Waals surface area contributed by atoms with Crippen LogP contribution in [0.1, 0.15) is 0 Å². The molecular formula is C10H8ClN3O2. The van der Waals surface area contributed by atoms with Gasteiger partial charge in [-0.25, -0.2) is 9.97 Å². The molecule has 0 bridgehead atoms. The average Bonchev–Trinajstić information content (AvgIpc) is 2.25. The minimum Gasteiger partial charge on any atom is -0.480 e. The lowest BCUT2D eigenvalue weighted by molar-refractivity contribution is -0.134. The summed E-state index contributed by atoms with van der Waals surface area (Å²) in [4.78, 5) is 18.5. The molecule has 2 aromatic rings. The fraction of sp³-hybridized carbons (Fsp3) is 0.100. The van der Waals surface area contributed by atoms with Crippen LogP contribution in [-0.4, -0.2) is 27.6 Å². The fourth-order valence-electron chi connectivity index (χ4n) is 1.33. The van der Waals surface area contributed by atoms with Crippen LogP contribution in [0.25, 0.3) is 10.9 Å². The van der Waals surface area contributed by atoms with E-state index in [9.17, 15) is 4.79 Å². The summed E-state index contributed by atoms with van der Waals surface area (Å²) in [5.41, 5.74) is 0.676. The smallest absolute Gasteiger partial charge is 0.322 e. The van der Waals surface area contributed by atoms with E-state index in [-0.39, 0.29) is 6.54 Å². The van der Waals surface area contributed by atoms with Crippen molar-refractivity contribution >= 4 is 34.3 Å². The molecule has 1 heterocycles. The summed E-state index contributed by atoms with van der Waals surface area (Å²) in [6, 6.07) is 5.16. The average molecular weight is 238 g/mol. The number of nitrogens with zero attached hydrogens (tertiary/aromatic N) is 2. The first kappa shape index (κ1) is 10.6. The van der Waals surface area contributed by atoms with Gasteiger partial charge in [0.1, 0.15) is 18.7 Å². The number of benzene rings is 1. The molecule has 82 valence electrons. The number of halogens is 1. The van der Waals surface area contributed by atoms with E-state index in [1.165, 1.54) is 6.33 Å². The highest BCUT2D eigenvalue weighted by molar-refractivity contribution is 6.31. The number of aromatic nitrogens is 2. The SMILES string of the molecule is O=C(O)CNc1ncnc2cc(Cl)ccc12. The number of hydrogen-bond acceptors (Lipinski definition) is 4. The second-order valence-electron chi connectivity index (χ2n) is 3.13. The Morgan fingerprint density at radius 1 is 1.44 bits per heavy atom. The molecule has 1 aromatic carbocycles. The summed E-state index contributed by atoms with van der Waals surface area (Å²) in [6.45, 7) is -0.186. The number of carboxylic acid groups (broad SMARTS) is 1. The van der Waals surface area contributed by atoms with E-state index in [0.717, 1.165) is 5.39 Å². The zero-order valence-corrected chi connectivity index (χ0v) is 8.90. The fourth-order valence-corrected chi connectivity index (χ4v) is 1.50. The lowest BCUT2D eigenvalue weighted by atomic mass is 10.2. The Kier molecular flexibility index (Phi) is 2.87. The zero-order valence-electron chi connectivity index (χ0n) is 8.14. The quantitative estimate of drug-likeness (QED) is 0.851. The van der Waals surface area contributed by atoms with E-state index in [1.54, 1.807) is 18.2 Å². The topological polar surface area (TPSA) is 75.1 Å². The molecule has 5 nitrogen and oxygen atoms in total. The third-order valence-corrected chi connectivity index (χ3v) is 2.24. The number of rotatable bonds is 3. The van der Waals surface area contributed by atoms with Gasteiger partial charge in [0.15, 0.2) is 0 Å². The first-order chi connectivity index (χ1) is 7.66. The maximum atomic E-state index is 10.4. The molecule has 2 rings (SSSR count). The summed E-state index contributed by atoms with van der Waals surface area (Å²) < 4.78 is 0. The number of nitrogens with one attached hydrogen (secondary N) is 1. The van der Waals surface area contributed by atoms with E-state index in [0.29, 0.717) is 16.4 Å². The molecule has 0 fully saturated rings. The van der Waals surface area contributed by atoms with Crippen molar-refractivity contribution in [2.24, 2.45) is 0 Å². The largest absolute Gasteiger partial charge is 0.480 e. The molecule has 16 heavy (non-hydrogen) atoms. The molecule has 0 saturated carbocycles. The van der Waals surface area contributed by atoms with E-state index in [4.69, 9.17) is 16.7 Å². The van der Waals surface area contributed by atoms with Crippen molar-refractivity contribution in [2.75, 3.05) is 11.9 Å². The molecule has 0 atom stereocenters. The van der Waals surface area contributed by atoms with Crippen LogP contribution in [0.4, 0.5) is 5.82 Å². The maximum absolute atomic E-state index is 10.4. The molecule has 0 aliphatic heterocycles. The van der Waals surface area contributed by atoms with Crippen molar-refractivity contribution in [3.63, 3.8) is 0 Å². The molecule has 0 amide bonds. The van der Waals surface area contributed by atoms with Gasteiger partial charge >= 0.3 is 5.97 Å². The van der Waals surface area contributed by atoms with Gasteiger partial charge in [0.25, 0.3) is 0 Å². The number of carboxylic acids is 1. The van der Waals surface area contributed by atoms with E-state index >= 15 is 0 Å². The summed E-state index contributed by atoms with van der Waals surface area (Å²) in [5, 5.41) is 12.6. The summed E-state index contributed by atoms with van der Waals surface area (Å²) in [5.74, 6) is -0.454. The summed E-state index contributed by atoms with van der Waals surface area (Å²) >= 11 is 5.82.